The summed E-state index contributed by atoms with van der Waals surface area (Å²) in [6.45, 7) is 3.46. The summed E-state index contributed by atoms with van der Waals surface area (Å²) in [5.41, 5.74) is 2.86. The van der Waals surface area contributed by atoms with Gasteiger partial charge < -0.3 is 4.57 Å². The van der Waals surface area contributed by atoms with Crippen LogP contribution in [0.15, 0.2) is 47.5 Å². The van der Waals surface area contributed by atoms with Gasteiger partial charge in [-0.15, -0.1) is 0 Å². The zero-order valence-corrected chi connectivity index (χ0v) is 15.6. The summed E-state index contributed by atoms with van der Waals surface area (Å²) >= 11 is 0. The highest BCUT2D eigenvalue weighted by Crippen LogP contribution is 2.29. The number of aryl methyl sites for hydroxylation is 1. The van der Waals surface area contributed by atoms with E-state index in [4.69, 9.17) is 0 Å². The van der Waals surface area contributed by atoms with Crippen LogP contribution in [0.1, 0.15) is 29.9 Å². The number of nitrogens with zero attached hydrogens (tertiary/aromatic N) is 5. The fraction of sp³-hybridized carbons (Fsp3) is 0.400. The zero-order chi connectivity index (χ0) is 18.3. The van der Waals surface area contributed by atoms with Gasteiger partial charge in [-0.2, -0.15) is 0 Å². The van der Waals surface area contributed by atoms with Crippen LogP contribution in [0.3, 0.4) is 0 Å². The van der Waals surface area contributed by atoms with Crippen molar-refractivity contribution in [2.24, 2.45) is 14.1 Å². The Morgan fingerprint density at radius 2 is 1.88 bits per heavy atom. The molecule has 0 saturated heterocycles. The van der Waals surface area contributed by atoms with Crippen molar-refractivity contribution in [2.75, 3.05) is 0 Å². The minimum atomic E-state index is 0.0710. The molecule has 0 spiro atoms. The molecule has 1 aliphatic rings. The highest BCUT2D eigenvalue weighted by molar-refractivity contribution is 5.33. The molecule has 3 aromatic rings. The SMILES string of the molecule is Cc1c(CN(Cc2nccn2C)C2CC2)c(=O)n(-c2ccccc2)n1C. The molecule has 136 valence electrons. The van der Waals surface area contributed by atoms with E-state index in [1.165, 1.54) is 12.8 Å². The summed E-state index contributed by atoms with van der Waals surface area (Å²) in [7, 11) is 3.97. The smallest absolute Gasteiger partial charge is 0.276 e. The van der Waals surface area contributed by atoms with Gasteiger partial charge in [-0.1, -0.05) is 18.2 Å². The Labute approximate surface area is 153 Å². The second kappa shape index (κ2) is 6.61. The molecule has 6 heteroatoms. The van der Waals surface area contributed by atoms with Crippen LogP contribution in [0.2, 0.25) is 0 Å². The van der Waals surface area contributed by atoms with Crippen LogP contribution in [0.4, 0.5) is 0 Å². The Kier molecular flexibility index (Phi) is 4.28. The second-order valence-electron chi connectivity index (χ2n) is 7.13. The van der Waals surface area contributed by atoms with Gasteiger partial charge in [0.25, 0.3) is 5.56 Å². The number of aromatic nitrogens is 4. The molecule has 1 aromatic carbocycles. The highest BCUT2D eigenvalue weighted by Gasteiger charge is 2.31. The Morgan fingerprint density at radius 3 is 2.50 bits per heavy atom. The molecule has 2 heterocycles. The van der Waals surface area contributed by atoms with Gasteiger partial charge in [-0.3, -0.25) is 14.4 Å². The van der Waals surface area contributed by atoms with E-state index in [9.17, 15) is 4.79 Å². The molecule has 6 nitrogen and oxygen atoms in total. The van der Waals surface area contributed by atoms with E-state index in [2.05, 4.69) is 14.5 Å². The first-order valence-corrected chi connectivity index (χ1v) is 9.09. The lowest BCUT2D eigenvalue weighted by molar-refractivity contribution is 0.236. The molecule has 0 amide bonds. The molecule has 0 aliphatic heterocycles. The first-order valence-electron chi connectivity index (χ1n) is 9.09. The maximum atomic E-state index is 13.2. The molecule has 26 heavy (non-hydrogen) atoms. The van der Waals surface area contributed by atoms with Gasteiger partial charge in [0.2, 0.25) is 0 Å². The summed E-state index contributed by atoms with van der Waals surface area (Å²) < 4.78 is 5.77. The van der Waals surface area contributed by atoms with Crippen LogP contribution in [0.25, 0.3) is 5.69 Å². The third-order valence-electron chi connectivity index (χ3n) is 5.36. The van der Waals surface area contributed by atoms with Crippen LogP contribution >= 0.6 is 0 Å². The molecule has 0 unspecified atom stereocenters. The number of hydrogen-bond donors (Lipinski definition) is 0. The monoisotopic (exact) mass is 351 g/mol. The van der Waals surface area contributed by atoms with Crippen molar-refractivity contribution >= 4 is 0 Å². The predicted octanol–water partition coefficient (Wildman–Crippen LogP) is 2.38. The molecular weight excluding hydrogens is 326 g/mol. The first kappa shape index (κ1) is 16.8. The third kappa shape index (κ3) is 3.01. The maximum absolute atomic E-state index is 13.2. The Balaban J connectivity index is 1.67. The van der Waals surface area contributed by atoms with Gasteiger partial charge in [0.1, 0.15) is 5.82 Å². The lowest BCUT2D eigenvalue weighted by Gasteiger charge is -2.21. The van der Waals surface area contributed by atoms with Crippen molar-refractivity contribution in [1.82, 2.24) is 23.8 Å². The minimum absolute atomic E-state index is 0.0710. The fourth-order valence-corrected chi connectivity index (χ4v) is 3.49. The number of rotatable bonds is 6. The lowest BCUT2D eigenvalue weighted by Crippen LogP contribution is -2.30. The molecule has 0 atom stereocenters. The maximum Gasteiger partial charge on any atom is 0.276 e. The van der Waals surface area contributed by atoms with E-state index in [1.807, 2.05) is 68.4 Å². The molecule has 4 rings (SSSR count). The Hall–Kier alpha value is -2.60. The molecular formula is C20H25N5O. The summed E-state index contributed by atoms with van der Waals surface area (Å²) in [5, 5.41) is 0. The van der Waals surface area contributed by atoms with E-state index in [0.717, 1.165) is 29.3 Å². The highest BCUT2D eigenvalue weighted by atomic mass is 16.1. The van der Waals surface area contributed by atoms with Crippen molar-refractivity contribution < 1.29 is 0 Å². The van der Waals surface area contributed by atoms with Gasteiger partial charge in [0.15, 0.2) is 0 Å². The molecule has 1 aliphatic carbocycles. The molecule has 0 bridgehead atoms. The average molecular weight is 351 g/mol. The Morgan fingerprint density at radius 1 is 1.15 bits per heavy atom. The van der Waals surface area contributed by atoms with Crippen LogP contribution in [-0.4, -0.2) is 29.9 Å². The van der Waals surface area contributed by atoms with Gasteiger partial charge in [0, 0.05) is 44.8 Å². The van der Waals surface area contributed by atoms with Crippen LogP contribution in [0, 0.1) is 6.92 Å². The number of hydrogen-bond acceptors (Lipinski definition) is 3. The average Bonchev–Trinajstić information content (AvgIpc) is 3.38. The van der Waals surface area contributed by atoms with Crippen molar-refractivity contribution in [2.45, 2.75) is 38.9 Å². The molecule has 0 radical (unpaired) electrons. The Bertz CT molecular complexity index is 962. The number of imidazole rings is 1. The van der Waals surface area contributed by atoms with Crippen molar-refractivity contribution in [3.05, 3.63) is 70.2 Å². The summed E-state index contributed by atoms with van der Waals surface area (Å²) in [5.74, 6) is 1.04. The van der Waals surface area contributed by atoms with Crippen LogP contribution in [-0.2, 0) is 27.2 Å². The second-order valence-corrected chi connectivity index (χ2v) is 7.13. The van der Waals surface area contributed by atoms with Crippen molar-refractivity contribution in [3.8, 4) is 5.69 Å². The van der Waals surface area contributed by atoms with E-state index in [-0.39, 0.29) is 5.56 Å². The van der Waals surface area contributed by atoms with Gasteiger partial charge in [-0.25, -0.2) is 9.67 Å². The van der Waals surface area contributed by atoms with E-state index >= 15 is 0 Å². The van der Waals surface area contributed by atoms with E-state index in [1.54, 1.807) is 4.68 Å². The van der Waals surface area contributed by atoms with Crippen LogP contribution < -0.4 is 5.56 Å². The molecule has 0 N–H and O–H groups in total. The van der Waals surface area contributed by atoms with Gasteiger partial charge >= 0.3 is 0 Å². The van der Waals surface area contributed by atoms with E-state index < -0.39 is 0 Å². The van der Waals surface area contributed by atoms with Gasteiger partial charge in [-0.05, 0) is 31.9 Å². The standard InChI is InChI=1S/C20H25N5O/c1-15-18(20(26)25(23(15)3)17-7-5-4-6-8-17)13-24(16-9-10-16)14-19-21-11-12-22(19)2/h4-8,11-12,16H,9-10,13-14H2,1-3H3. The summed E-state index contributed by atoms with van der Waals surface area (Å²) in [6, 6.07) is 10.4. The third-order valence-corrected chi connectivity index (χ3v) is 5.36. The molecule has 1 fully saturated rings. The van der Waals surface area contributed by atoms with Gasteiger partial charge in [0.05, 0.1) is 17.8 Å². The number of para-hydroxylation sites is 1. The zero-order valence-electron chi connectivity index (χ0n) is 15.6. The first-order chi connectivity index (χ1) is 12.6. The predicted molar refractivity (Wildman–Crippen MR) is 101 cm³/mol. The minimum Gasteiger partial charge on any atom is -0.337 e. The van der Waals surface area contributed by atoms with Crippen molar-refractivity contribution in [3.63, 3.8) is 0 Å². The number of benzene rings is 1. The summed E-state index contributed by atoms with van der Waals surface area (Å²) in [6.07, 6.45) is 6.19. The van der Waals surface area contributed by atoms with E-state index in [0.29, 0.717) is 12.6 Å². The fourth-order valence-electron chi connectivity index (χ4n) is 3.49. The van der Waals surface area contributed by atoms with Crippen molar-refractivity contribution in [1.29, 1.82) is 0 Å². The molecule has 2 aromatic heterocycles. The summed E-state index contributed by atoms with van der Waals surface area (Å²) in [4.78, 5) is 20.0. The van der Waals surface area contributed by atoms with Crippen LogP contribution in [0.5, 0.6) is 0 Å². The largest absolute Gasteiger partial charge is 0.337 e. The molecule has 1 saturated carbocycles. The normalized spacial score (nSPS) is 14.3. The quantitative estimate of drug-likeness (QED) is 0.685. The lowest BCUT2D eigenvalue weighted by atomic mass is 10.2. The topological polar surface area (TPSA) is 48.0 Å².